The lowest BCUT2D eigenvalue weighted by atomic mass is 9.89. The van der Waals surface area contributed by atoms with Gasteiger partial charge in [-0.15, -0.1) is 0 Å². The summed E-state index contributed by atoms with van der Waals surface area (Å²) < 4.78 is 0. The molecule has 1 aliphatic carbocycles. The summed E-state index contributed by atoms with van der Waals surface area (Å²) in [5.74, 6) is 1.90. The van der Waals surface area contributed by atoms with E-state index in [-0.39, 0.29) is 0 Å². The molecule has 0 saturated heterocycles. The Morgan fingerprint density at radius 3 is 2.71 bits per heavy atom. The minimum atomic E-state index is 0.833. The van der Waals surface area contributed by atoms with Gasteiger partial charge in [-0.05, 0) is 37.6 Å². The van der Waals surface area contributed by atoms with Gasteiger partial charge >= 0.3 is 0 Å². The third-order valence-electron chi connectivity index (χ3n) is 3.61. The van der Waals surface area contributed by atoms with E-state index in [4.69, 9.17) is 0 Å². The lowest BCUT2D eigenvalue weighted by Gasteiger charge is -2.23. The molecule has 0 amide bonds. The van der Waals surface area contributed by atoms with Crippen molar-refractivity contribution in [2.45, 2.75) is 65.3 Å². The smallest absolute Gasteiger partial charge is 0.00953 e. The van der Waals surface area contributed by atoms with Crippen molar-refractivity contribution < 1.29 is 0 Å². The van der Waals surface area contributed by atoms with Gasteiger partial charge in [-0.2, -0.15) is 0 Å². The highest BCUT2D eigenvalue weighted by molar-refractivity contribution is 4.83. The van der Waals surface area contributed by atoms with Crippen molar-refractivity contribution in [1.29, 1.82) is 0 Å². The van der Waals surface area contributed by atoms with Crippen LogP contribution in [0.25, 0.3) is 0 Å². The SMILES string of the molecule is CCCC(C)CC1CCCC1NCC. The van der Waals surface area contributed by atoms with Crippen LogP contribution in [0, 0.1) is 11.8 Å². The van der Waals surface area contributed by atoms with Crippen LogP contribution in [0.15, 0.2) is 0 Å². The van der Waals surface area contributed by atoms with Crippen molar-refractivity contribution in [3.05, 3.63) is 0 Å². The molecule has 1 nitrogen and oxygen atoms in total. The van der Waals surface area contributed by atoms with Gasteiger partial charge in [0.2, 0.25) is 0 Å². The minimum Gasteiger partial charge on any atom is -0.314 e. The fraction of sp³-hybridized carbons (Fsp3) is 1.00. The van der Waals surface area contributed by atoms with E-state index >= 15 is 0 Å². The maximum Gasteiger partial charge on any atom is 0.00953 e. The third-order valence-corrected chi connectivity index (χ3v) is 3.61. The molecular formula is C13H27N. The van der Waals surface area contributed by atoms with Crippen molar-refractivity contribution >= 4 is 0 Å². The van der Waals surface area contributed by atoms with Crippen LogP contribution in [-0.2, 0) is 0 Å². The van der Waals surface area contributed by atoms with Gasteiger partial charge in [0.05, 0.1) is 0 Å². The molecular weight excluding hydrogens is 170 g/mol. The fourth-order valence-electron chi connectivity index (χ4n) is 2.98. The molecule has 14 heavy (non-hydrogen) atoms. The largest absolute Gasteiger partial charge is 0.314 e. The zero-order valence-corrected chi connectivity index (χ0v) is 10.2. The van der Waals surface area contributed by atoms with E-state index in [2.05, 4.69) is 26.1 Å². The predicted octanol–water partition coefficient (Wildman–Crippen LogP) is 3.59. The van der Waals surface area contributed by atoms with Crippen LogP contribution in [0.5, 0.6) is 0 Å². The summed E-state index contributed by atoms with van der Waals surface area (Å²) in [5, 5.41) is 3.64. The maximum atomic E-state index is 3.64. The third kappa shape index (κ3) is 3.61. The maximum absolute atomic E-state index is 3.64. The Morgan fingerprint density at radius 1 is 1.29 bits per heavy atom. The average Bonchev–Trinajstić information content (AvgIpc) is 2.54. The molecule has 1 rings (SSSR count). The summed E-state index contributed by atoms with van der Waals surface area (Å²) in [6, 6.07) is 0.833. The van der Waals surface area contributed by atoms with E-state index in [0.29, 0.717) is 0 Å². The number of hydrogen-bond donors (Lipinski definition) is 1. The van der Waals surface area contributed by atoms with Gasteiger partial charge in [-0.25, -0.2) is 0 Å². The average molecular weight is 197 g/mol. The first-order valence-corrected chi connectivity index (χ1v) is 6.51. The summed E-state index contributed by atoms with van der Waals surface area (Å²) in [6.45, 7) is 8.09. The summed E-state index contributed by atoms with van der Waals surface area (Å²) >= 11 is 0. The molecule has 0 spiro atoms. The molecule has 3 atom stereocenters. The van der Waals surface area contributed by atoms with Crippen LogP contribution in [0.2, 0.25) is 0 Å². The van der Waals surface area contributed by atoms with Crippen LogP contribution in [0.1, 0.15) is 59.3 Å². The zero-order chi connectivity index (χ0) is 10.4. The van der Waals surface area contributed by atoms with E-state index in [1.54, 1.807) is 0 Å². The fourth-order valence-corrected chi connectivity index (χ4v) is 2.98. The summed E-state index contributed by atoms with van der Waals surface area (Å²) in [4.78, 5) is 0. The first-order valence-electron chi connectivity index (χ1n) is 6.51. The quantitative estimate of drug-likeness (QED) is 0.686. The van der Waals surface area contributed by atoms with E-state index in [0.717, 1.165) is 24.4 Å². The Hall–Kier alpha value is -0.0400. The van der Waals surface area contributed by atoms with E-state index < -0.39 is 0 Å². The van der Waals surface area contributed by atoms with Crippen molar-refractivity contribution in [2.24, 2.45) is 11.8 Å². The Bertz CT molecular complexity index is 144. The highest BCUT2D eigenvalue weighted by Gasteiger charge is 2.27. The van der Waals surface area contributed by atoms with Crippen LogP contribution >= 0.6 is 0 Å². The molecule has 1 saturated carbocycles. The Balaban J connectivity index is 2.27. The second-order valence-corrected chi connectivity index (χ2v) is 4.98. The molecule has 0 aromatic heterocycles. The topological polar surface area (TPSA) is 12.0 Å². The molecule has 0 aliphatic heterocycles. The Morgan fingerprint density at radius 2 is 2.07 bits per heavy atom. The van der Waals surface area contributed by atoms with Crippen molar-refractivity contribution in [3.63, 3.8) is 0 Å². The normalized spacial score (nSPS) is 29.4. The molecule has 0 aromatic rings. The lowest BCUT2D eigenvalue weighted by Crippen LogP contribution is -2.32. The summed E-state index contributed by atoms with van der Waals surface area (Å²) in [6.07, 6.45) is 8.53. The van der Waals surface area contributed by atoms with Crippen LogP contribution < -0.4 is 5.32 Å². The van der Waals surface area contributed by atoms with Gasteiger partial charge in [0, 0.05) is 6.04 Å². The molecule has 0 bridgehead atoms. The highest BCUT2D eigenvalue weighted by atomic mass is 14.9. The van der Waals surface area contributed by atoms with E-state index in [9.17, 15) is 0 Å². The summed E-state index contributed by atoms with van der Waals surface area (Å²) in [7, 11) is 0. The van der Waals surface area contributed by atoms with Gasteiger partial charge in [0.15, 0.2) is 0 Å². The zero-order valence-electron chi connectivity index (χ0n) is 10.2. The first kappa shape index (κ1) is 12.0. The van der Waals surface area contributed by atoms with E-state index in [1.807, 2.05) is 0 Å². The van der Waals surface area contributed by atoms with Crippen LogP contribution in [0.3, 0.4) is 0 Å². The molecule has 1 N–H and O–H groups in total. The van der Waals surface area contributed by atoms with Crippen LogP contribution in [-0.4, -0.2) is 12.6 Å². The number of nitrogens with one attached hydrogen (secondary N) is 1. The Kier molecular flexibility index (Phi) is 5.54. The van der Waals surface area contributed by atoms with Gasteiger partial charge < -0.3 is 5.32 Å². The monoisotopic (exact) mass is 197 g/mol. The molecule has 84 valence electrons. The standard InChI is InChI=1S/C13H27N/c1-4-7-11(3)10-12-8-6-9-13(12)14-5-2/h11-14H,4-10H2,1-3H3. The second-order valence-electron chi connectivity index (χ2n) is 4.98. The van der Waals surface area contributed by atoms with Crippen molar-refractivity contribution in [3.8, 4) is 0 Å². The molecule has 0 radical (unpaired) electrons. The molecule has 0 heterocycles. The highest BCUT2D eigenvalue weighted by Crippen LogP contribution is 2.32. The molecule has 1 heteroatoms. The van der Waals surface area contributed by atoms with E-state index in [1.165, 1.54) is 38.5 Å². The van der Waals surface area contributed by atoms with Gasteiger partial charge in [-0.3, -0.25) is 0 Å². The van der Waals surface area contributed by atoms with Gasteiger partial charge in [0.25, 0.3) is 0 Å². The molecule has 1 aliphatic rings. The van der Waals surface area contributed by atoms with Gasteiger partial charge in [-0.1, -0.05) is 40.0 Å². The van der Waals surface area contributed by atoms with Crippen molar-refractivity contribution in [2.75, 3.05) is 6.54 Å². The number of hydrogen-bond acceptors (Lipinski definition) is 1. The molecule has 1 fully saturated rings. The minimum absolute atomic E-state index is 0.833. The predicted molar refractivity (Wildman–Crippen MR) is 63.5 cm³/mol. The lowest BCUT2D eigenvalue weighted by molar-refractivity contribution is 0.321. The first-order chi connectivity index (χ1) is 6.77. The summed E-state index contributed by atoms with van der Waals surface area (Å²) in [5.41, 5.74) is 0. The Labute approximate surface area is 89.7 Å². The second kappa shape index (κ2) is 6.44. The molecule has 0 aromatic carbocycles. The van der Waals surface area contributed by atoms with Crippen molar-refractivity contribution in [1.82, 2.24) is 5.32 Å². The molecule has 3 unspecified atom stereocenters. The van der Waals surface area contributed by atoms with Crippen LogP contribution in [0.4, 0.5) is 0 Å². The number of rotatable bonds is 6. The van der Waals surface area contributed by atoms with Gasteiger partial charge in [0.1, 0.15) is 0 Å².